The van der Waals surface area contributed by atoms with Crippen molar-refractivity contribution >= 4 is 5.82 Å². The van der Waals surface area contributed by atoms with Crippen molar-refractivity contribution in [1.29, 1.82) is 0 Å². The van der Waals surface area contributed by atoms with Gasteiger partial charge >= 0.3 is 5.69 Å². The van der Waals surface area contributed by atoms with Gasteiger partial charge < -0.3 is 20.7 Å². The number of allylic oxidation sites excluding steroid dienone is 1. The van der Waals surface area contributed by atoms with E-state index in [1.54, 1.807) is 6.08 Å². The Morgan fingerprint density at radius 3 is 2.95 bits per heavy atom. The second-order valence-corrected chi connectivity index (χ2v) is 4.47. The Bertz CT molecular complexity index is 516. The zero-order chi connectivity index (χ0) is 14.0. The molecule has 1 fully saturated rings. The van der Waals surface area contributed by atoms with Gasteiger partial charge in [0.15, 0.2) is 0 Å². The molecule has 7 nitrogen and oxygen atoms in total. The van der Waals surface area contributed by atoms with Crippen molar-refractivity contribution in [3.63, 3.8) is 0 Å². The first-order chi connectivity index (χ1) is 9.08. The monoisotopic (exact) mass is 267 g/mol. The molecule has 0 radical (unpaired) electrons. The van der Waals surface area contributed by atoms with Gasteiger partial charge in [-0.2, -0.15) is 4.98 Å². The number of aliphatic hydroxyl groups is 2. The fourth-order valence-corrected chi connectivity index (χ4v) is 2.30. The summed E-state index contributed by atoms with van der Waals surface area (Å²) in [5.74, 6) is -0.239. The lowest BCUT2D eigenvalue weighted by atomic mass is 9.96. The molecule has 1 aliphatic rings. The second kappa shape index (κ2) is 5.52. The largest absolute Gasteiger partial charge is 0.394 e. The number of aromatic nitrogens is 2. The lowest BCUT2D eigenvalue weighted by Crippen LogP contribution is -2.32. The van der Waals surface area contributed by atoms with E-state index in [9.17, 15) is 9.90 Å². The standard InChI is InChI=1S/C12H17N3O4/c1-2-3-7-10(17)8(6-16)19-11(7)15-5-4-9(13)14-12(15)18/h2,4-5,7-8,10-11,16-17H,1,3,6H2,(H2,13,14,18)/t7?,8-,10?,11-/m1/s1. The molecule has 2 unspecified atom stereocenters. The van der Waals surface area contributed by atoms with Crippen LogP contribution in [-0.2, 0) is 4.74 Å². The lowest BCUT2D eigenvalue weighted by molar-refractivity contribution is -0.0479. The van der Waals surface area contributed by atoms with Gasteiger partial charge in [0.1, 0.15) is 18.1 Å². The van der Waals surface area contributed by atoms with Crippen LogP contribution in [0.5, 0.6) is 0 Å². The average Bonchev–Trinajstić information content (AvgIpc) is 2.68. The van der Waals surface area contributed by atoms with E-state index in [-0.39, 0.29) is 18.3 Å². The Kier molecular flexibility index (Phi) is 3.98. The third kappa shape index (κ3) is 2.53. The summed E-state index contributed by atoms with van der Waals surface area (Å²) in [4.78, 5) is 15.4. The molecule has 19 heavy (non-hydrogen) atoms. The molecule has 0 saturated carbocycles. The molecule has 2 heterocycles. The minimum Gasteiger partial charge on any atom is -0.394 e. The summed E-state index contributed by atoms with van der Waals surface area (Å²) in [7, 11) is 0. The lowest BCUT2D eigenvalue weighted by Gasteiger charge is -2.20. The summed E-state index contributed by atoms with van der Waals surface area (Å²) in [6.45, 7) is 3.30. The fraction of sp³-hybridized carbons (Fsp3) is 0.500. The molecule has 0 aromatic carbocycles. The molecule has 1 aromatic rings. The number of rotatable bonds is 4. The highest BCUT2D eigenvalue weighted by Gasteiger charge is 2.43. The quantitative estimate of drug-likeness (QED) is 0.620. The van der Waals surface area contributed by atoms with Gasteiger partial charge in [-0.3, -0.25) is 4.57 Å². The van der Waals surface area contributed by atoms with Crippen molar-refractivity contribution in [2.24, 2.45) is 5.92 Å². The van der Waals surface area contributed by atoms with E-state index in [1.165, 1.54) is 16.8 Å². The van der Waals surface area contributed by atoms with Gasteiger partial charge in [0.25, 0.3) is 0 Å². The van der Waals surface area contributed by atoms with Crippen molar-refractivity contribution in [3.8, 4) is 0 Å². The number of anilines is 1. The number of hydrogen-bond donors (Lipinski definition) is 3. The van der Waals surface area contributed by atoms with Crippen molar-refractivity contribution in [2.45, 2.75) is 24.9 Å². The summed E-state index contributed by atoms with van der Waals surface area (Å²) in [5.41, 5.74) is 4.88. The van der Waals surface area contributed by atoms with Crippen LogP contribution in [-0.4, -0.2) is 38.6 Å². The smallest absolute Gasteiger partial charge is 0.351 e. The maximum absolute atomic E-state index is 11.8. The maximum atomic E-state index is 11.8. The van der Waals surface area contributed by atoms with Crippen LogP contribution < -0.4 is 11.4 Å². The highest BCUT2D eigenvalue weighted by atomic mass is 16.5. The van der Waals surface area contributed by atoms with Crippen molar-refractivity contribution in [1.82, 2.24) is 9.55 Å². The predicted molar refractivity (Wildman–Crippen MR) is 68.2 cm³/mol. The number of aliphatic hydroxyl groups excluding tert-OH is 2. The summed E-state index contributed by atoms with van der Waals surface area (Å²) < 4.78 is 6.80. The molecule has 4 N–H and O–H groups in total. The van der Waals surface area contributed by atoms with E-state index < -0.39 is 24.1 Å². The number of nitrogen functional groups attached to an aromatic ring is 1. The average molecular weight is 267 g/mol. The Balaban J connectivity index is 2.36. The van der Waals surface area contributed by atoms with E-state index in [2.05, 4.69) is 11.6 Å². The van der Waals surface area contributed by atoms with Gasteiger partial charge in [0.05, 0.1) is 12.7 Å². The van der Waals surface area contributed by atoms with Gasteiger partial charge in [0.2, 0.25) is 0 Å². The number of nitrogens with zero attached hydrogens (tertiary/aromatic N) is 2. The van der Waals surface area contributed by atoms with E-state index in [0.717, 1.165) is 0 Å². The molecule has 0 amide bonds. The molecular weight excluding hydrogens is 250 g/mol. The van der Waals surface area contributed by atoms with Crippen LogP contribution in [0.4, 0.5) is 5.82 Å². The Hall–Kier alpha value is -1.70. The van der Waals surface area contributed by atoms with Gasteiger partial charge in [-0.1, -0.05) is 6.08 Å². The molecule has 1 aliphatic heterocycles. The van der Waals surface area contributed by atoms with E-state index in [4.69, 9.17) is 15.6 Å². The highest BCUT2D eigenvalue weighted by Crippen LogP contribution is 2.36. The minimum absolute atomic E-state index is 0.124. The minimum atomic E-state index is -0.863. The number of ether oxygens (including phenoxy) is 1. The molecule has 0 bridgehead atoms. The Morgan fingerprint density at radius 2 is 2.37 bits per heavy atom. The fourth-order valence-electron chi connectivity index (χ4n) is 2.30. The predicted octanol–water partition coefficient (Wildman–Crippen LogP) is -0.732. The van der Waals surface area contributed by atoms with Crippen LogP contribution in [0.2, 0.25) is 0 Å². The number of nitrogens with two attached hydrogens (primary N) is 1. The third-order valence-corrected chi connectivity index (χ3v) is 3.24. The molecule has 0 aliphatic carbocycles. The van der Waals surface area contributed by atoms with E-state index >= 15 is 0 Å². The van der Waals surface area contributed by atoms with Crippen LogP contribution in [0, 0.1) is 5.92 Å². The van der Waals surface area contributed by atoms with Gasteiger partial charge in [-0.15, -0.1) is 6.58 Å². The number of hydrogen-bond acceptors (Lipinski definition) is 6. The molecule has 104 valence electrons. The van der Waals surface area contributed by atoms with Crippen LogP contribution in [0.25, 0.3) is 0 Å². The van der Waals surface area contributed by atoms with Crippen LogP contribution >= 0.6 is 0 Å². The van der Waals surface area contributed by atoms with Gasteiger partial charge in [-0.25, -0.2) is 4.79 Å². The summed E-state index contributed by atoms with van der Waals surface area (Å²) in [6, 6.07) is 1.48. The van der Waals surface area contributed by atoms with E-state index in [1.807, 2.05) is 0 Å². The van der Waals surface area contributed by atoms with Gasteiger partial charge in [-0.05, 0) is 12.5 Å². The molecule has 1 saturated heterocycles. The SMILES string of the molecule is C=CCC1C(O)[C@@H](CO)O[C@H]1n1ccc(N)nc1=O. The first kappa shape index (κ1) is 13.7. The Labute approximate surface area is 110 Å². The van der Waals surface area contributed by atoms with Crippen molar-refractivity contribution in [2.75, 3.05) is 12.3 Å². The zero-order valence-corrected chi connectivity index (χ0v) is 10.3. The molecule has 1 aromatic heterocycles. The molecule has 2 rings (SSSR count). The van der Waals surface area contributed by atoms with Crippen LogP contribution in [0.15, 0.2) is 29.7 Å². The second-order valence-electron chi connectivity index (χ2n) is 4.47. The molecule has 0 spiro atoms. The molecule has 7 heteroatoms. The third-order valence-electron chi connectivity index (χ3n) is 3.24. The maximum Gasteiger partial charge on any atom is 0.351 e. The van der Waals surface area contributed by atoms with E-state index in [0.29, 0.717) is 6.42 Å². The van der Waals surface area contributed by atoms with Gasteiger partial charge in [0, 0.05) is 12.1 Å². The summed E-state index contributed by atoms with van der Waals surface area (Å²) in [5, 5.41) is 19.2. The molecular formula is C12H17N3O4. The summed E-state index contributed by atoms with van der Waals surface area (Å²) in [6.07, 6.45) is 1.29. The normalized spacial score (nSPS) is 30.4. The van der Waals surface area contributed by atoms with Crippen LogP contribution in [0.3, 0.4) is 0 Å². The van der Waals surface area contributed by atoms with Crippen LogP contribution in [0.1, 0.15) is 12.6 Å². The zero-order valence-electron chi connectivity index (χ0n) is 10.3. The first-order valence-electron chi connectivity index (χ1n) is 5.98. The van der Waals surface area contributed by atoms with Crippen molar-refractivity contribution < 1.29 is 14.9 Å². The topological polar surface area (TPSA) is 111 Å². The highest BCUT2D eigenvalue weighted by molar-refractivity contribution is 5.23. The molecule has 4 atom stereocenters. The summed E-state index contributed by atoms with van der Waals surface area (Å²) >= 11 is 0. The van der Waals surface area contributed by atoms with Crippen molar-refractivity contribution in [3.05, 3.63) is 35.4 Å². The first-order valence-corrected chi connectivity index (χ1v) is 5.98. The Morgan fingerprint density at radius 1 is 1.63 bits per heavy atom.